The highest BCUT2D eigenvalue weighted by molar-refractivity contribution is 8.13. The topological polar surface area (TPSA) is 82.3 Å². The molecule has 9 heteroatoms. The Bertz CT molecular complexity index is 507. The Morgan fingerprint density at radius 1 is 1.56 bits per heavy atom. The van der Waals surface area contributed by atoms with E-state index in [0.29, 0.717) is 6.07 Å². The third-order valence-corrected chi connectivity index (χ3v) is 3.05. The van der Waals surface area contributed by atoms with Crippen LogP contribution in [0, 0.1) is 0 Å². The van der Waals surface area contributed by atoms with E-state index in [4.69, 9.17) is 16.4 Å². The molecular formula is C7H7ClF2N2O3S. The number of methoxy groups -OCH3 is 1. The Morgan fingerprint density at radius 2 is 2.12 bits per heavy atom. The van der Waals surface area contributed by atoms with E-state index in [1.165, 1.54) is 0 Å². The zero-order valence-electron chi connectivity index (χ0n) is 7.95. The summed E-state index contributed by atoms with van der Waals surface area (Å²) in [5, 5.41) is 0. The van der Waals surface area contributed by atoms with Crippen molar-refractivity contribution < 1.29 is 21.9 Å². The van der Waals surface area contributed by atoms with E-state index >= 15 is 0 Å². The molecule has 0 spiro atoms. The summed E-state index contributed by atoms with van der Waals surface area (Å²) >= 11 is 0. The fourth-order valence-electron chi connectivity index (χ4n) is 0.996. The fourth-order valence-corrected chi connectivity index (χ4v) is 1.99. The highest BCUT2D eigenvalue weighted by atomic mass is 35.7. The SMILES string of the molecule is COc1nc(C(F)F)cc(S(=O)(=O)Cl)c1N. The first-order valence-corrected chi connectivity index (χ1v) is 6.15. The molecule has 0 saturated heterocycles. The molecule has 0 saturated carbocycles. The van der Waals surface area contributed by atoms with E-state index < -0.39 is 37.6 Å². The first-order chi connectivity index (χ1) is 7.27. The van der Waals surface area contributed by atoms with Crippen LogP contribution in [-0.2, 0) is 9.05 Å². The van der Waals surface area contributed by atoms with Crippen molar-refractivity contribution in [2.45, 2.75) is 11.3 Å². The molecule has 16 heavy (non-hydrogen) atoms. The van der Waals surface area contributed by atoms with E-state index in [0.717, 1.165) is 7.11 Å². The number of aromatic nitrogens is 1. The van der Waals surface area contributed by atoms with Crippen molar-refractivity contribution in [2.24, 2.45) is 0 Å². The third-order valence-electron chi connectivity index (χ3n) is 1.69. The summed E-state index contributed by atoms with van der Waals surface area (Å²) in [6, 6.07) is 0.616. The van der Waals surface area contributed by atoms with Crippen LogP contribution in [0.3, 0.4) is 0 Å². The molecule has 0 aliphatic rings. The van der Waals surface area contributed by atoms with Gasteiger partial charge in [0.05, 0.1) is 7.11 Å². The summed E-state index contributed by atoms with van der Waals surface area (Å²) in [5.74, 6) is -0.406. The second-order valence-corrected chi connectivity index (χ2v) is 5.24. The smallest absolute Gasteiger partial charge is 0.280 e. The van der Waals surface area contributed by atoms with Gasteiger partial charge in [-0.2, -0.15) is 0 Å². The zero-order valence-corrected chi connectivity index (χ0v) is 9.52. The van der Waals surface area contributed by atoms with Crippen LogP contribution >= 0.6 is 10.7 Å². The molecule has 0 aliphatic heterocycles. The lowest BCUT2D eigenvalue weighted by molar-refractivity contribution is 0.144. The van der Waals surface area contributed by atoms with E-state index in [-0.39, 0.29) is 0 Å². The number of nitrogen functional groups attached to an aromatic ring is 1. The maximum absolute atomic E-state index is 12.4. The third kappa shape index (κ3) is 2.50. The molecule has 0 unspecified atom stereocenters. The highest BCUT2D eigenvalue weighted by Crippen LogP contribution is 2.32. The van der Waals surface area contributed by atoms with Gasteiger partial charge in [0, 0.05) is 10.7 Å². The number of anilines is 1. The molecule has 1 heterocycles. The molecule has 0 bridgehead atoms. The molecule has 1 aromatic heterocycles. The number of halogens is 3. The Hall–Kier alpha value is -1.15. The minimum atomic E-state index is -4.23. The van der Waals surface area contributed by atoms with Crippen LogP contribution in [0.1, 0.15) is 12.1 Å². The first kappa shape index (κ1) is 12.9. The minimum absolute atomic E-state index is 0.401. The molecule has 5 nitrogen and oxygen atoms in total. The number of pyridine rings is 1. The summed E-state index contributed by atoms with van der Waals surface area (Å²) in [7, 11) is 1.93. The standard InChI is InChI=1S/C7H7ClF2N2O3S/c1-15-7-5(11)4(16(8,13)14)2-3(12-7)6(9)10/h2,6H,11H2,1H3. The van der Waals surface area contributed by atoms with Crippen LogP contribution in [0.25, 0.3) is 0 Å². The summed E-state index contributed by atoms with van der Waals surface area (Å²) in [6.07, 6.45) is -2.95. The van der Waals surface area contributed by atoms with Crippen LogP contribution in [0.2, 0.25) is 0 Å². The molecule has 0 aromatic carbocycles. The number of ether oxygens (including phenoxy) is 1. The highest BCUT2D eigenvalue weighted by Gasteiger charge is 2.23. The molecule has 0 radical (unpaired) electrons. The molecular weight excluding hydrogens is 266 g/mol. The van der Waals surface area contributed by atoms with E-state index in [1.807, 2.05) is 0 Å². The van der Waals surface area contributed by atoms with Gasteiger partial charge in [0.2, 0.25) is 5.88 Å². The van der Waals surface area contributed by atoms with Gasteiger partial charge in [-0.1, -0.05) is 0 Å². The molecule has 0 fully saturated rings. The lowest BCUT2D eigenvalue weighted by atomic mass is 10.3. The molecule has 1 aromatic rings. The number of rotatable bonds is 3. The van der Waals surface area contributed by atoms with Crippen LogP contribution in [0.15, 0.2) is 11.0 Å². The van der Waals surface area contributed by atoms with Gasteiger partial charge in [-0.25, -0.2) is 22.2 Å². The summed E-state index contributed by atoms with van der Waals surface area (Å²) < 4.78 is 51.5. The first-order valence-electron chi connectivity index (χ1n) is 3.84. The number of alkyl halides is 2. The van der Waals surface area contributed by atoms with Crippen molar-refractivity contribution in [3.8, 4) is 5.88 Å². The largest absolute Gasteiger partial charge is 0.479 e. The van der Waals surface area contributed by atoms with Gasteiger partial charge >= 0.3 is 0 Å². The lowest BCUT2D eigenvalue weighted by Gasteiger charge is -2.09. The number of nitrogens with zero attached hydrogens (tertiary/aromatic N) is 1. The Labute approximate surface area is 94.6 Å². The lowest BCUT2D eigenvalue weighted by Crippen LogP contribution is -2.05. The Balaban J connectivity index is 3.55. The monoisotopic (exact) mass is 272 g/mol. The Kier molecular flexibility index (Phi) is 3.54. The fraction of sp³-hybridized carbons (Fsp3) is 0.286. The van der Waals surface area contributed by atoms with Crippen molar-refractivity contribution in [2.75, 3.05) is 12.8 Å². The van der Waals surface area contributed by atoms with Gasteiger partial charge < -0.3 is 10.5 Å². The van der Waals surface area contributed by atoms with Gasteiger partial charge in [-0.05, 0) is 6.07 Å². The molecule has 1 rings (SSSR count). The van der Waals surface area contributed by atoms with Crippen LogP contribution < -0.4 is 10.5 Å². The molecule has 0 aliphatic carbocycles. The summed E-state index contributed by atoms with van der Waals surface area (Å²) in [5.41, 5.74) is 4.18. The van der Waals surface area contributed by atoms with E-state index in [9.17, 15) is 17.2 Å². The average Bonchev–Trinajstić information content (AvgIpc) is 2.15. The van der Waals surface area contributed by atoms with Crippen LogP contribution in [-0.4, -0.2) is 20.5 Å². The maximum atomic E-state index is 12.4. The number of nitrogens with two attached hydrogens (primary N) is 1. The second-order valence-electron chi connectivity index (χ2n) is 2.71. The molecule has 2 N–H and O–H groups in total. The quantitative estimate of drug-likeness (QED) is 0.844. The van der Waals surface area contributed by atoms with Gasteiger partial charge in [-0.3, -0.25) is 0 Å². The van der Waals surface area contributed by atoms with Crippen LogP contribution in [0.4, 0.5) is 14.5 Å². The van der Waals surface area contributed by atoms with Crippen molar-refractivity contribution in [1.82, 2.24) is 4.98 Å². The zero-order chi connectivity index (χ0) is 12.5. The van der Waals surface area contributed by atoms with Gasteiger partial charge in [-0.15, -0.1) is 0 Å². The van der Waals surface area contributed by atoms with E-state index in [2.05, 4.69) is 9.72 Å². The predicted octanol–water partition coefficient (Wildman–Crippen LogP) is 1.54. The normalized spacial score (nSPS) is 11.8. The minimum Gasteiger partial charge on any atom is -0.479 e. The van der Waals surface area contributed by atoms with Crippen LogP contribution in [0.5, 0.6) is 5.88 Å². The van der Waals surface area contributed by atoms with Crippen molar-refractivity contribution in [3.63, 3.8) is 0 Å². The molecule has 0 atom stereocenters. The van der Waals surface area contributed by atoms with Gasteiger partial charge in [0.1, 0.15) is 16.3 Å². The van der Waals surface area contributed by atoms with E-state index in [1.54, 1.807) is 0 Å². The number of hydrogen-bond acceptors (Lipinski definition) is 5. The van der Waals surface area contributed by atoms with Crippen molar-refractivity contribution in [1.29, 1.82) is 0 Å². The number of hydrogen-bond donors (Lipinski definition) is 1. The summed E-state index contributed by atoms with van der Waals surface area (Å²) in [6.45, 7) is 0. The van der Waals surface area contributed by atoms with Crippen molar-refractivity contribution in [3.05, 3.63) is 11.8 Å². The Morgan fingerprint density at radius 3 is 2.50 bits per heavy atom. The predicted molar refractivity (Wildman–Crippen MR) is 53.2 cm³/mol. The van der Waals surface area contributed by atoms with Crippen molar-refractivity contribution >= 4 is 25.4 Å². The molecule has 90 valence electrons. The average molecular weight is 273 g/mol. The second kappa shape index (κ2) is 4.38. The van der Waals surface area contributed by atoms with Gasteiger partial charge in [0.15, 0.2) is 0 Å². The maximum Gasteiger partial charge on any atom is 0.280 e. The van der Waals surface area contributed by atoms with Gasteiger partial charge in [0.25, 0.3) is 15.5 Å². The summed E-state index contributed by atoms with van der Waals surface area (Å²) in [4.78, 5) is 2.70. The molecule has 0 amide bonds.